The summed E-state index contributed by atoms with van der Waals surface area (Å²) in [6.07, 6.45) is 2.43. The van der Waals surface area contributed by atoms with Crippen molar-refractivity contribution in [3.8, 4) is 28.4 Å². The van der Waals surface area contributed by atoms with Crippen molar-refractivity contribution < 1.29 is 14.6 Å². The average molecular weight is 466 g/mol. The Morgan fingerprint density at radius 2 is 2.00 bits per heavy atom. The molecule has 1 saturated heterocycles. The Morgan fingerprint density at radius 3 is 2.71 bits per heavy atom. The lowest BCUT2D eigenvalue weighted by atomic mass is 9.92. The number of aromatic nitrogens is 4. The van der Waals surface area contributed by atoms with E-state index in [1.54, 1.807) is 7.05 Å². The molecule has 0 spiro atoms. The number of likely N-dealkylation sites (N-methyl/N-ethyl adjacent to an activating group) is 1. The van der Waals surface area contributed by atoms with Crippen LogP contribution >= 0.6 is 0 Å². The van der Waals surface area contributed by atoms with Crippen LogP contribution in [0.25, 0.3) is 22.6 Å². The third-order valence-electron chi connectivity index (χ3n) is 6.41. The number of aromatic amines is 1. The van der Waals surface area contributed by atoms with Gasteiger partial charge in [0.05, 0.1) is 11.4 Å². The van der Waals surface area contributed by atoms with Gasteiger partial charge >= 0.3 is 0 Å². The number of aliphatic hydroxyl groups is 1. The highest BCUT2D eigenvalue weighted by Gasteiger charge is 2.22. The number of aryl methyl sites for hydroxylation is 2. The molecule has 3 N–H and O–H groups in total. The third-order valence-corrected chi connectivity index (χ3v) is 6.41. The molecule has 1 atom stereocenters. The largest absolute Gasteiger partial charge is 0.491 e. The first-order valence-corrected chi connectivity index (χ1v) is 12.0. The van der Waals surface area contributed by atoms with Gasteiger partial charge in [-0.2, -0.15) is 5.10 Å². The zero-order valence-electron chi connectivity index (χ0n) is 20.5. The normalized spacial score (nSPS) is 15.4. The summed E-state index contributed by atoms with van der Waals surface area (Å²) < 4.78 is 11.4. The maximum atomic E-state index is 9.98. The van der Waals surface area contributed by atoms with E-state index in [0.717, 1.165) is 71.9 Å². The van der Waals surface area contributed by atoms with Crippen molar-refractivity contribution in [3.63, 3.8) is 0 Å². The van der Waals surface area contributed by atoms with Crippen LogP contribution in [0.15, 0.2) is 24.3 Å². The van der Waals surface area contributed by atoms with Crippen LogP contribution in [0.2, 0.25) is 0 Å². The van der Waals surface area contributed by atoms with E-state index in [-0.39, 0.29) is 6.61 Å². The van der Waals surface area contributed by atoms with Crippen molar-refractivity contribution in [2.24, 2.45) is 5.92 Å². The zero-order chi connectivity index (χ0) is 24.1. The van der Waals surface area contributed by atoms with E-state index in [9.17, 15) is 5.11 Å². The molecule has 0 bridgehead atoms. The Bertz CT molecular complexity index is 1090. The van der Waals surface area contributed by atoms with Crippen LogP contribution in [0.1, 0.15) is 35.5 Å². The third kappa shape index (κ3) is 5.63. The molecule has 8 heteroatoms. The molecule has 34 heavy (non-hydrogen) atoms. The number of rotatable bonds is 9. The van der Waals surface area contributed by atoms with Gasteiger partial charge in [0.1, 0.15) is 18.5 Å². The van der Waals surface area contributed by atoms with E-state index >= 15 is 0 Å². The molecule has 0 saturated carbocycles. The Balaban J connectivity index is 1.71. The van der Waals surface area contributed by atoms with Crippen molar-refractivity contribution in [2.75, 3.05) is 33.4 Å². The van der Waals surface area contributed by atoms with Gasteiger partial charge in [-0.1, -0.05) is 12.1 Å². The van der Waals surface area contributed by atoms with Crippen LogP contribution in [0, 0.1) is 26.7 Å². The monoisotopic (exact) mass is 465 g/mol. The van der Waals surface area contributed by atoms with Crippen LogP contribution in [-0.2, 0) is 11.2 Å². The summed E-state index contributed by atoms with van der Waals surface area (Å²) in [6.45, 7) is 8.46. The number of nitrogens with one attached hydrogen (secondary N) is 2. The predicted octanol–water partition coefficient (Wildman–Crippen LogP) is 3.39. The van der Waals surface area contributed by atoms with Crippen molar-refractivity contribution >= 4 is 0 Å². The second-order valence-electron chi connectivity index (χ2n) is 9.09. The fourth-order valence-electron chi connectivity index (χ4n) is 4.47. The second kappa shape index (κ2) is 11.1. The van der Waals surface area contributed by atoms with E-state index in [1.807, 2.05) is 38.1 Å². The van der Waals surface area contributed by atoms with Crippen molar-refractivity contribution in [3.05, 3.63) is 46.9 Å². The smallest absolute Gasteiger partial charge is 0.160 e. The molecule has 0 aliphatic carbocycles. The molecule has 1 unspecified atom stereocenters. The average Bonchev–Trinajstić information content (AvgIpc) is 3.18. The summed E-state index contributed by atoms with van der Waals surface area (Å²) in [6, 6.07) is 7.76. The molecule has 8 nitrogen and oxygen atoms in total. The Morgan fingerprint density at radius 1 is 1.21 bits per heavy atom. The van der Waals surface area contributed by atoms with Crippen LogP contribution < -0.4 is 10.1 Å². The number of aliphatic hydroxyl groups excluding tert-OH is 1. The van der Waals surface area contributed by atoms with Crippen LogP contribution in [0.3, 0.4) is 0 Å². The topological polar surface area (TPSA) is 105 Å². The summed E-state index contributed by atoms with van der Waals surface area (Å²) in [4.78, 5) is 10.1. The van der Waals surface area contributed by atoms with Crippen LogP contribution in [-0.4, -0.2) is 64.8 Å². The second-order valence-corrected chi connectivity index (χ2v) is 9.09. The van der Waals surface area contributed by atoms with Gasteiger partial charge in [-0.15, -0.1) is 0 Å². The fourth-order valence-corrected chi connectivity index (χ4v) is 4.47. The first-order chi connectivity index (χ1) is 16.5. The molecule has 1 aromatic carbocycles. The number of nitrogens with zero attached hydrogens (tertiary/aromatic N) is 3. The van der Waals surface area contributed by atoms with E-state index in [0.29, 0.717) is 24.0 Å². The lowest BCUT2D eigenvalue weighted by molar-refractivity contribution is 0.0662. The quantitative estimate of drug-likeness (QED) is 0.445. The van der Waals surface area contributed by atoms with Crippen molar-refractivity contribution in [1.29, 1.82) is 0 Å². The summed E-state index contributed by atoms with van der Waals surface area (Å²) in [5, 5.41) is 20.4. The molecular weight excluding hydrogens is 430 g/mol. The SMILES string of the molecule is CNCC(O)COc1cccc(-c2nc(CC3CCOCC3)c(C)c(-c3c(C)n[nH]c3C)n2)c1. The molecular formula is C26H35N5O3. The fraction of sp³-hybridized carbons (Fsp3) is 0.500. The number of ether oxygens (including phenoxy) is 2. The molecule has 0 amide bonds. The summed E-state index contributed by atoms with van der Waals surface area (Å²) in [5.41, 5.74) is 6.95. The standard InChI is InChI=1S/C26H35N5O3/c1-16-23(12-19-8-10-33-11-9-19)28-26(29-25(16)24-17(2)30-31-18(24)3)20-6-5-7-22(13-20)34-15-21(32)14-27-4/h5-7,13,19,21,27,32H,8-12,14-15H2,1-4H3,(H,30,31). The van der Waals surface area contributed by atoms with E-state index in [2.05, 4.69) is 22.4 Å². The maximum absolute atomic E-state index is 9.98. The van der Waals surface area contributed by atoms with Gasteiger partial charge in [0, 0.05) is 42.3 Å². The van der Waals surface area contributed by atoms with Crippen LogP contribution in [0.5, 0.6) is 5.75 Å². The minimum absolute atomic E-state index is 0.215. The molecule has 2 aromatic heterocycles. The molecule has 1 fully saturated rings. The van der Waals surface area contributed by atoms with Gasteiger partial charge in [0.15, 0.2) is 5.82 Å². The predicted molar refractivity (Wildman–Crippen MR) is 132 cm³/mol. The molecule has 182 valence electrons. The number of hydrogen-bond acceptors (Lipinski definition) is 7. The maximum Gasteiger partial charge on any atom is 0.160 e. The van der Waals surface area contributed by atoms with Gasteiger partial charge < -0.3 is 19.9 Å². The minimum atomic E-state index is -0.575. The number of benzene rings is 1. The molecule has 3 heterocycles. The molecule has 1 aliphatic rings. The van der Waals surface area contributed by atoms with Gasteiger partial charge in [-0.3, -0.25) is 5.10 Å². The Labute approximate surface area is 201 Å². The van der Waals surface area contributed by atoms with E-state index in [1.165, 1.54) is 0 Å². The lowest BCUT2D eigenvalue weighted by Crippen LogP contribution is -2.29. The molecule has 3 aromatic rings. The minimum Gasteiger partial charge on any atom is -0.491 e. The summed E-state index contributed by atoms with van der Waals surface area (Å²) >= 11 is 0. The van der Waals surface area contributed by atoms with E-state index < -0.39 is 6.10 Å². The van der Waals surface area contributed by atoms with Crippen molar-refractivity contribution in [2.45, 2.75) is 46.1 Å². The Kier molecular flexibility index (Phi) is 7.92. The first kappa shape index (κ1) is 24.3. The highest BCUT2D eigenvalue weighted by Crippen LogP contribution is 2.33. The van der Waals surface area contributed by atoms with Crippen molar-refractivity contribution in [1.82, 2.24) is 25.5 Å². The van der Waals surface area contributed by atoms with Gasteiger partial charge in [0.2, 0.25) is 0 Å². The first-order valence-electron chi connectivity index (χ1n) is 12.0. The number of H-pyrrole nitrogens is 1. The molecule has 1 aliphatic heterocycles. The van der Waals surface area contributed by atoms with Gasteiger partial charge in [0.25, 0.3) is 0 Å². The zero-order valence-corrected chi connectivity index (χ0v) is 20.5. The molecule has 4 rings (SSSR count). The number of hydrogen-bond donors (Lipinski definition) is 3. The summed E-state index contributed by atoms with van der Waals surface area (Å²) in [5.74, 6) is 1.90. The molecule has 0 radical (unpaired) electrons. The lowest BCUT2D eigenvalue weighted by Gasteiger charge is -2.23. The van der Waals surface area contributed by atoms with Crippen LogP contribution in [0.4, 0.5) is 0 Å². The van der Waals surface area contributed by atoms with E-state index in [4.69, 9.17) is 19.4 Å². The highest BCUT2D eigenvalue weighted by atomic mass is 16.5. The highest BCUT2D eigenvalue weighted by molar-refractivity contribution is 5.71. The van der Waals surface area contributed by atoms with Gasteiger partial charge in [-0.05, 0) is 70.7 Å². The summed E-state index contributed by atoms with van der Waals surface area (Å²) in [7, 11) is 1.80. The Hall–Kier alpha value is -2.81. The van der Waals surface area contributed by atoms with Gasteiger partial charge in [-0.25, -0.2) is 9.97 Å².